The smallest absolute Gasteiger partial charge is 0.414 e. The molecule has 1 aromatic heterocycles. The Morgan fingerprint density at radius 2 is 1.76 bits per heavy atom. The molecule has 0 aliphatic heterocycles. The van der Waals surface area contributed by atoms with E-state index in [0.717, 1.165) is 43.2 Å². The molecule has 0 bridgehead atoms. The minimum absolute atomic E-state index is 0.147. The zero-order chi connectivity index (χ0) is 27.5. The van der Waals surface area contributed by atoms with E-state index in [1.54, 1.807) is 0 Å². The first-order valence-electron chi connectivity index (χ1n) is 12.5. The van der Waals surface area contributed by atoms with Crippen LogP contribution in [-0.2, 0) is 32.0 Å². The van der Waals surface area contributed by atoms with Gasteiger partial charge in [-0.1, -0.05) is 50.6 Å². The Hall–Kier alpha value is -3.24. The number of carbonyl (C=O) groups is 4. The number of rotatable bonds is 9. The maximum atomic E-state index is 13.4. The molecule has 0 saturated heterocycles. The van der Waals surface area contributed by atoms with E-state index >= 15 is 0 Å². The van der Waals surface area contributed by atoms with Gasteiger partial charge in [0.25, 0.3) is 0 Å². The summed E-state index contributed by atoms with van der Waals surface area (Å²) in [5.74, 6) is -3.55. The van der Waals surface area contributed by atoms with Crippen LogP contribution < -0.4 is 10.6 Å². The van der Waals surface area contributed by atoms with Crippen molar-refractivity contribution >= 4 is 40.2 Å². The number of benzene rings is 1. The zero-order valence-corrected chi connectivity index (χ0v) is 22.5. The highest BCUT2D eigenvalue weighted by molar-refractivity contribution is 7.17. The van der Waals surface area contributed by atoms with Crippen molar-refractivity contribution in [2.45, 2.75) is 71.9 Å². The lowest BCUT2D eigenvalue weighted by Gasteiger charge is -2.23. The van der Waals surface area contributed by atoms with Crippen LogP contribution in [0.3, 0.4) is 0 Å². The normalized spacial score (nSPS) is 15.8. The molecule has 1 aliphatic rings. The maximum absolute atomic E-state index is 13.4. The van der Waals surface area contributed by atoms with Crippen LogP contribution in [0, 0.1) is 5.92 Å². The molecular weight excluding hydrogens is 496 g/mol. The van der Waals surface area contributed by atoms with Crippen LogP contribution in [0.4, 0.5) is 5.00 Å². The van der Waals surface area contributed by atoms with Crippen molar-refractivity contribution in [1.82, 2.24) is 5.32 Å². The lowest BCUT2D eigenvalue weighted by molar-refractivity contribution is -0.159. The number of anilines is 1. The van der Waals surface area contributed by atoms with Gasteiger partial charge in [-0.2, -0.15) is 0 Å². The standard InChI is InChI=1S/C25H34N2O3S.C2H2O4/c1-5-10-17(4)26-22(18-11-8-7-9-12-18)23(28)27-24-21(25(29)30-6-2)19-14-13-16(3)15-20(19)31-24;3-1(4)2(5)6/h7-9,11-12,16-17,22,26H,5-6,10,13-15H2,1-4H3,(H,27,28);(H,3,4)(H,5,6). The summed E-state index contributed by atoms with van der Waals surface area (Å²) in [6.07, 6.45) is 4.86. The molecule has 202 valence electrons. The Labute approximate surface area is 221 Å². The third kappa shape index (κ3) is 8.68. The molecule has 0 fully saturated rings. The summed E-state index contributed by atoms with van der Waals surface area (Å²) in [5.41, 5.74) is 2.52. The quantitative estimate of drug-likeness (QED) is 0.270. The monoisotopic (exact) mass is 532 g/mol. The predicted octanol–water partition coefficient (Wildman–Crippen LogP) is 4.66. The first-order valence-corrected chi connectivity index (χ1v) is 13.3. The van der Waals surface area contributed by atoms with Crippen LogP contribution in [0.25, 0.3) is 0 Å². The van der Waals surface area contributed by atoms with E-state index < -0.39 is 18.0 Å². The van der Waals surface area contributed by atoms with E-state index in [1.807, 2.05) is 37.3 Å². The van der Waals surface area contributed by atoms with Crippen molar-refractivity contribution in [3.8, 4) is 0 Å². The molecule has 1 heterocycles. The molecule has 10 heteroatoms. The summed E-state index contributed by atoms with van der Waals surface area (Å²) in [6, 6.07) is 9.46. The molecule has 1 amide bonds. The van der Waals surface area contributed by atoms with Gasteiger partial charge >= 0.3 is 17.9 Å². The van der Waals surface area contributed by atoms with Crippen LogP contribution in [-0.4, -0.2) is 46.7 Å². The highest BCUT2D eigenvalue weighted by Gasteiger charge is 2.31. The Morgan fingerprint density at radius 3 is 2.32 bits per heavy atom. The second-order valence-electron chi connectivity index (χ2n) is 9.08. The molecule has 37 heavy (non-hydrogen) atoms. The minimum Gasteiger partial charge on any atom is -0.473 e. The fourth-order valence-electron chi connectivity index (χ4n) is 4.21. The van der Waals surface area contributed by atoms with Crippen molar-refractivity contribution in [3.05, 3.63) is 51.9 Å². The summed E-state index contributed by atoms with van der Waals surface area (Å²) in [4.78, 5) is 45.6. The second-order valence-corrected chi connectivity index (χ2v) is 10.2. The number of esters is 1. The lowest BCUT2D eigenvalue weighted by Crippen LogP contribution is -2.38. The van der Waals surface area contributed by atoms with E-state index in [0.29, 0.717) is 23.1 Å². The fourth-order valence-corrected chi connectivity index (χ4v) is 5.61. The largest absolute Gasteiger partial charge is 0.473 e. The Bertz CT molecular complexity index is 1070. The van der Waals surface area contributed by atoms with E-state index in [9.17, 15) is 9.59 Å². The van der Waals surface area contributed by atoms with Gasteiger partial charge in [-0.25, -0.2) is 14.4 Å². The number of nitrogens with one attached hydrogen (secondary N) is 2. The number of hydrogen-bond acceptors (Lipinski definition) is 7. The number of carbonyl (C=O) groups excluding carboxylic acids is 2. The molecule has 2 aromatic rings. The average Bonchev–Trinajstić information content (AvgIpc) is 3.20. The van der Waals surface area contributed by atoms with Crippen molar-refractivity contribution < 1.29 is 34.1 Å². The van der Waals surface area contributed by atoms with Crippen LogP contribution in [0.2, 0.25) is 0 Å². The zero-order valence-electron chi connectivity index (χ0n) is 21.7. The summed E-state index contributed by atoms with van der Waals surface area (Å²) in [7, 11) is 0. The van der Waals surface area contributed by atoms with Gasteiger partial charge < -0.3 is 20.3 Å². The number of hydrogen-bond donors (Lipinski definition) is 4. The van der Waals surface area contributed by atoms with Crippen molar-refractivity contribution in [2.24, 2.45) is 5.92 Å². The third-order valence-electron chi connectivity index (χ3n) is 5.98. The summed E-state index contributed by atoms with van der Waals surface area (Å²) in [5, 5.41) is 22.0. The maximum Gasteiger partial charge on any atom is 0.414 e. The van der Waals surface area contributed by atoms with Crippen molar-refractivity contribution in [1.29, 1.82) is 0 Å². The lowest BCUT2D eigenvalue weighted by atomic mass is 9.88. The molecule has 1 aliphatic carbocycles. The molecule has 0 spiro atoms. The number of fused-ring (bicyclic) bond motifs is 1. The third-order valence-corrected chi connectivity index (χ3v) is 7.15. The highest BCUT2D eigenvalue weighted by atomic mass is 32.1. The van der Waals surface area contributed by atoms with E-state index in [1.165, 1.54) is 16.2 Å². The molecule has 3 atom stereocenters. The van der Waals surface area contributed by atoms with Gasteiger partial charge in [0.15, 0.2) is 0 Å². The Morgan fingerprint density at radius 1 is 1.11 bits per heavy atom. The van der Waals surface area contributed by atoms with E-state index in [4.69, 9.17) is 24.5 Å². The molecule has 4 N–H and O–H groups in total. The number of amides is 1. The fraction of sp³-hybridized carbons (Fsp3) is 0.481. The number of carboxylic acids is 2. The van der Waals surface area contributed by atoms with Crippen molar-refractivity contribution in [3.63, 3.8) is 0 Å². The molecule has 0 radical (unpaired) electrons. The van der Waals surface area contributed by atoms with Gasteiger partial charge in [-0.3, -0.25) is 10.1 Å². The number of carboxylic acid groups (broad SMARTS) is 2. The summed E-state index contributed by atoms with van der Waals surface area (Å²) < 4.78 is 5.34. The van der Waals surface area contributed by atoms with Gasteiger partial charge in [0.1, 0.15) is 11.0 Å². The van der Waals surface area contributed by atoms with Crippen LogP contribution in [0.5, 0.6) is 0 Å². The number of thiophene rings is 1. The molecule has 3 rings (SSSR count). The SMILES string of the molecule is CCCC(C)NC(C(=O)Nc1sc2c(c1C(=O)OCC)CCC(C)C2)c1ccccc1.O=C(O)C(=O)O. The summed E-state index contributed by atoms with van der Waals surface area (Å²) >= 11 is 1.53. The Balaban J connectivity index is 0.000000717. The molecule has 3 unspecified atom stereocenters. The van der Waals surface area contributed by atoms with Crippen LogP contribution in [0.1, 0.15) is 79.4 Å². The number of aliphatic carboxylic acids is 2. The van der Waals surface area contributed by atoms with Gasteiger partial charge in [0, 0.05) is 10.9 Å². The molecule has 1 aromatic carbocycles. The first kappa shape index (κ1) is 30.0. The molecular formula is C27H36N2O7S. The van der Waals surface area contributed by atoms with Crippen molar-refractivity contribution in [2.75, 3.05) is 11.9 Å². The molecule has 9 nitrogen and oxygen atoms in total. The van der Waals surface area contributed by atoms with Crippen LogP contribution in [0.15, 0.2) is 30.3 Å². The summed E-state index contributed by atoms with van der Waals surface area (Å²) in [6.45, 7) is 8.59. The number of ether oxygens (including phenoxy) is 1. The van der Waals surface area contributed by atoms with Gasteiger partial charge in [0.05, 0.1) is 12.2 Å². The predicted molar refractivity (Wildman–Crippen MR) is 142 cm³/mol. The van der Waals surface area contributed by atoms with E-state index in [2.05, 4.69) is 31.4 Å². The minimum atomic E-state index is -1.82. The van der Waals surface area contributed by atoms with E-state index in [-0.39, 0.29) is 17.9 Å². The van der Waals surface area contributed by atoms with Gasteiger partial charge in [-0.15, -0.1) is 11.3 Å². The molecule has 0 saturated carbocycles. The Kier molecular flexibility index (Phi) is 11.7. The van der Waals surface area contributed by atoms with Crippen LogP contribution >= 0.6 is 11.3 Å². The average molecular weight is 533 g/mol. The second kappa shape index (κ2) is 14.5. The first-order chi connectivity index (χ1) is 17.6. The van der Waals surface area contributed by atoms with Gasteiger partial charge in [-0.05, 0) is 56.6 Å². The highest BCUT2D eigenvalue weighted by Crippen LogP contribution is 2.40. The topological polar surface area (TPSA) is 142 Å². The van der Waals surface area contributed by atoms with Gasteiger partial charge in [0.2, 0.25) is 5.91 Å².